The number of nitrogens with zero attached hydrogens (tertiary/aromatic N) is 2. The molecule has 6 rings (SSSR count). The molecule has 176 valence electrons. The molecule has 2 aromatic rings. The molecule has 3 unspecified atom stereocenters. The van der Waals surface area contributed by atoms with E-state index in [-0.39, 0.29) is 41.4 Å². The molecule has 1 aromatic carbocycles. The van der Waals surface area contributed by atoms with Gasteiger partial charge in [-0.1, -0.05) is 42.1 Å². The summed E-state index contributed by atoms with van der Waals surface area (Å²) in [4.78, 5) is 33.6. The number of nitrogens with two attached hydrogens (primary N) is 1. The lowest BCUT2D eigenvalue weighted by Gasteiger charge is -2.45. The van der Waals surface area contributed by atoms with Gasteiger partial charge in [0.15, 0.2) is 0 Å². The first-order valence-electron chi connectivity index (χ1n) is 11.9. The molecule has 4 heterocycles. The molecular formula is C25H28N6O2S. The highest BCUT2D eigenvalue weighted by Gasteiger charge is 2.52. The summed E-state index contributed by atoms with van der Waals surface area (Å²) >= 11 is 1.52. The van der Waals surface area contributed by atoms with Gasteiger partial charge in [0.2, 0.25) is 0 Å². The van der Waals surface area contributed by atoms with Gasteiger partial charge in [-0.3, -0.25) is 14.7 Å². The number of hydrogen-bond acceptors (Lipinski definition) is 6. The number of pyridine rings is 1. The van der Waals surface area contributed by atoms with Gasteiger partial charge in [0.25, 0.3) is 5.91 Å². The number of carbonyl (C=O) groups excluding carboxylic acids is 2. The lowest BCUT2D eigenvalue weighted by atomic mass is 9.86. The van der Waals surface area contributed by atoms with Crippen molar-refractivity contribution in [1.29, 1.82) is 0 Å². The van der Waals surface area contributed by atoms with Gasteiger partial charge in [-0.25, -0.2) is 4.79 Å². The fraction of sp³-hybridized carbons (Fsp3) is 0.400. The first-order chi connectivity index (χ1) is 16.6. The number of piperidine rings is 1. The smallest absolute Gasteiger partial charge is 0.326 e. The van der Waals surface area contributed by atoms with E-state index in [4.69, 9.17) is 5.73 Å². The van der Waals surface area contributed by atoms with E-state index in [1.54, 1.807) is 6.20 Å². The van der Waals surface area contributed by atoms with E-state index in [1.165, 1.54) is 11.8 Å². The van der Waals surface area contributed by atoms with Crippen molar-refractivity contribution >= 4 is 29.4 Å². The van der Waals surface area contributed by atoms with Crippen LogP contribution in [-0.2, 0) is 4.79 Å². The maximum Gasteiger partial charge on any atom is 0.326 e. The summed E-state index contributed by atoms with van der Waals surface area (Å²) in [5.74, 6) is -0.107. The zero-order chi connectivity index (χ0) is 23.2. The average molecular weight is 477 g/mol. The van der Waals surface area contributed by atoms with Gasteiger partial charge in [0.1, 0.15) is 0 Å². The highest BCUT2D eigenvalue weighted by molar-refractivity contribution is 8.04. The second-order valence-electron chi connectivity index (χ2n) is 9.36. The molecule has 4 aliphatic rings. The summed E-state index contributed by atoms with van der Waals surface area (Å²) in [6.07, 6.45) is 5.43. The van der Waals surface area contributed by atoms with Gasteiger partial charge in [0, 0.05) is 41.1 Å². The first-order valence-corrected chi connectivity index (χ1v) is 12.8. The number of urea groups is 1. The second-order valence-corrected chi connectivity index (χ2v) is 10.5. The van der Waals surface area contributed by atoms with Crippen LogP contribution in [0.4, 0.5) is 10.5 Å². The van der Waals surface area contributed by atoms with E-state index in [1.807, 2.05) is 47.4 Å². The van der Waals surface area contributed by atoms with Crippen LogP contribution >= 0.6 is 11.8 Å². The molecule has 3 amide bonds. The third kappa shape index (κ3) is 3.68. The molecule has 9 heteroatoms. The number of benzene rings is 1. The van der Waals surface area contributed by atoms with Crippen molar-refractivity contribution in [2.75, 3.05) is 11.4 Å². The molecule has 3 aliphatic heterocycles. The second kappa shape index (κ2) is 8.72. The molecule has 0 bridgehead atoms. The number of amides is 3. The van der Waals surface area contributed by atoms with Gasteiger partial charge in [0.05, 0.1) is 22.0 Å². The highest BCUT2D eigenvalue weighted by Crippen LogP contribution is 2.48. The van der Waals surface area contributed by atoms with E-state index < -0.39 is 0 Å². The minimum Gasteiger partial charge on any atom is -0.347 e. The Morgan fingerprint density at radius 1 is 1.18 bits per heavy atom. The average Bonchev–Trinajstić information content (AvgIpc) is 3.44. The Balaban J connectivity index is 1.31. The van der Waals surface area contributed by atoms with Crippen molar-refractivity contribution in [3.05, 3.63) is 59.3 Å². The number of carbonyl (C=O) groups is 2. The number of anilines is 1. The largest absolute Gasteiger partial charge is 0.347 e. The zero-order valence-electron chi connectivity index (χ0n) is 18.7. The van der Waals surface area contributed by atoms with Crippen molar-refractivity contribution < 1.29 is 9.59 Å². The summed E-state index contributed by atoms with van der Waals surface area (Å²) in [6, 6.07) is 13.6. The van der Waals surface area contributed by atoms with E-state index in [2.05, 4.69) is 20.9 Å². The summed E-state index contributed by atoms with van der Waals surface area (Å²) in [5.41, 5.74) is 9.56. The van der Waals surface area contributed by atoms with Crippen molar-refractivity contribution in [3.8, 4) is 11.3 Å². The maximum absolute atomic E-state index is 13.4. The van der Waals surface area contributed by atoms with Crippen LogP contribution in [0, 0.1) is 5.92 Å². The summed E-state index contributed by atoms with van der Waals surface area (Å²) in [7, 11) is 0. The molecule has 0 spiro atoms. The van der Waals surface area contributed by atoms with Gasteiger partial charge in [-0.15, -0.1) is 0 Å². The molecule has 1 aliphatic carbocycles. The fourth-order valence-electron chi connectivity index (χ4n) is 5.66. The van der Waals surface area contributed by atoms with Crippen LogP contribution in [0.2, 0.25) is 0 Å². The number of rotatable bonds is 4. The summed E-state index contributed by atoms with van der Waals surface area (Å²) in [5, 5.41) is 9.79. The maximum atomic E-state index is 13.4. The number of hydrogen-bond donors (Lipinski definition) is 4. The minimum absolute atomic E-state index is 0.00315. The van der Waals surface area contributed by atoms with Gasteiger partial charge >= 0.3 is 6.03 Å². The Hall–Kier alpha value is -2.88. The molecule has 8 nitrogen and oxygen atoms in total. The SMILES string of the molecule is N[C@@H]1CCC[C@H]1NC(=O)C1=C2NC(=O)N(c3ccnc(-c4ccccc4)c3)C3CCNC(S1)C23. The summed E-state index contributed by atoms with van der Waals surface area (Å²) < 4.78 is 0. The summed E-state index contributed by atoms with van der Waals surface area (Å²) in [6.45, 7) is 0.787. The molecular weight excluding hydrogens is 448 g/mol. The van der Waals surface area contributed by atoms with Crippen LogP contribution in [0.5, 0.6) is 0 Å². The van der Waals surface area contributed by atoms with Crippen LogP contribution in [0.1, 0.15) is 25.7 Å². The predicted octanol–water partition coefficient (Wildman–Crippen LogP) is 2.54. The first kappa shape index (κ1) is 21.6. The highest BCUT2D eigenvalue weighted by atomic mass is 32.2. The lowest BCUT2D eigenvalue weighted by molar-refractivity contribution is -0.117. The molecule has 1 saturated carbocycles. The Bertz CT molecular complexity index is 1160. The van der Waals surface area contributed by atoms with E-state index in [0.29, 0.717) is 4.91 Å². The number of nitrogens with one attached hydrogen (secondary N) is 3. The Morgan fingerprint density at radius 3 is 2.82 bits per heavy atom. The lowest BCUT2D eigenvalue weighted by Crippen LogP contribution is -2.62. The Morgan fingerprint density at radius 2 is 2.03 bits per heavy atom. The molecule has 34 heavy (non-hydrogen) atoms. The Kier molecular flexibility index (Phi) is 5.55. The van der Waals surface area contributed by atoms with E-state index in [9.17, 15) is 9.59 Å². The standard InChI is InChI=1S/C25H28N6O2S/c26-16-7-4-8-17(16)29-23(32)22-21-20-19(10-12-28-24(20)34-22)31(25(33)30-21)15-9-11-27-18(13-15)14-5-2-1-3-6-14/h1-3,5-6,9,11,13,16-17,19-20,24,28H,4,7-8,10,12,26H2,(H,29,32)(H,30,33)/t16-,17-,19?,20?,24?/m1/s1. The molecule has 5 N–H and O–H groups in total. The molecule has 2 saturated heterocycles. The Labute approximate surface area is 202 Å². The van der Waals surface area contributed by atoms with Crippen LogP contribution < -0.4 is 26.6 Å². The predicted molar refractivity (Wildman–Crippen MR) is 133 cm³/mol. The van der Waals surface area contributed by atoms with Crippen LogP contribution in [-0.4, -0.2) is 47.0 Å². The fourth-order valence-corrected chi connectivity index (χ4v) is 7.06. The topological polar surface area (TPSA) is 112 Å². The van der Waals surface area contributed by atoms with Crippen molar-refractivity contribution in [2.24, 2.45) is 11.7 Å². The zero-order valence-corrected chi connectivity index (χ0v) is 19.6. The van der Waals surface area contributed by atoms with Crippen molar-refractivity contribution in [1.82, 2.24) is 20.9 Å². The molecule has 3 fully saturated rings. The quantitative estimate of drug-likeness (QED) is 0.540. The molecule has 5 atom stereocenters. The molecule has 1 aromatic heterocycles. The minimum atomic E-state index is -0.201. The number of thioether (sulfide) groups is 1. The van der Waals surface area contributed by atoms with E-state index in [0.717, 1.165) is 54.9 Å². The van der Waals surface area contributed by atoms with Crippen molar-refractivity contribution in [2.45, 2.75) is 49.2 Å². The van der Waals surface area contributed by atoms with Crippen molar-refractivity contribution in [3.63, 3.8) is 0 Å². The number of aromatic nitrogens is 1. The van der Waals surface area contributed by atoms with Crippen LogP contribution in [0.15, 0.2) is 59.3 Å². The monoisotopic (exact) mass is 476 g/mol. The van der Waals surface area contributed by atoms with Crippen LogP contribution in [0.25, 0.3) is 11.3 Å². The van der Waals surface area contributed by atoms with Gasteiger partial charge in [-0.2, -0.15) is 0 Å². The van der Waals surface area contributed by atoms with Crippen LogP contribution in [0.3, 0.4) is 0 Å². The third-order valence-corrected chi connectivity index (χ3v) is 8.68. The van der Waals surface area contributed by atoms with E-state index >= 15 is 0 Å². The third-order valence-electron chi connectivity index (χ3n) is 7.32. The van der Waals surface area contributed by atoms with Gasteiger partial charge in [-0.05, 0) is 44.4 Å². The molecule has 0 radical (unpaired) electrons. The van der Waals surface area contributed by atoms with Gasteiger partial charge < -0.3 is 21.7 Å². The normalized spacial score (nSPS) is 30.2.